The van der Waals surface area contributed by atoms with Crippen molar-refractivity contribution in [3.8, 4) is 0 Å². The van der Waals surface area contributed by atoms with Gasteiger partial charge < -0.3 is 14.8 Å². The average Bonchev–Trinajstić information content (AvgIpc) is 2.87. The van der Waals surface area contributed by atoms with Crippen LogP contribution in [0.5, 0.6) is 0 Å². The maximum atomic E-state index is 12.7. The lowest BCUT2D eigenvalue weighted by Gasteiger charge is -2.15. The third-order valence-corrected chi connectivity index (χ3v) is 7.03. The monoisotopic (exact) mass is 521 g/mol. The molecule has 4 rings (SSSR count). The van der Waals surface area contributed by atoms with Gasteiger partial charge >= 0.3 is 5.97 Å². The number of carboxylic acid groups (broad SMARTS) is 1. The molecule has 0 spiro atoms. The maximum absolute atomic E-state index is 12.7. The third kappa shape index (κ3) is 7.48. The summed E-state index contributed by atoms with van der Waals surface area (Å²) >= 11 is 0. The molecule has 1 atom stereocenters. The summed E-state index contributed by atoms with van der Waals surface area (Å²) in [5.74, 6) is -0.320. The molecule has 4 aromatic rings. The minimum Gasteiger partial charge on any atom is -0.480 e. The molecule has 0 aliphatic heterocycles. The van der Waals surface area contributed by atoms with Crippen LogP contribution in [0.3, 0.4) is 0 Å². The molecular formula is C27H27N3O6S. The third-order valence-electron chi connectivity index (χ3n) is 5.67. The lowest BCUT2D eigenvalue weighted by atomic mass is 10.0. The Morgan fingerprint density at radius 3 is 2.51 bits per heavy atom. The second-order valence-corrected chi connectivity index (χ2v) is 10.4. The number of pyridine rings is 1. The number of anilines is 1. The van der Waals surface area contributed by atoms with Gasteiger partial charge in [0.2, 0.25) is 10.0 Å². The topological polar surface area (TPSA) is 139 Å². The molecule has 10 heteroatoms. The molecule has 0 aliphatic carbocycles. The molecule has 2 aromatic carbocycles. The molecule has 0 aliphatic rings. The number of carboxylic acids is 1. The van der Waals surface area contributed by atoms with Gasteiger partial charge in [-0.1, -0.05) is 42.5 Å². The van der Waals surface area contributed by atoms with Crippen LogP contribution >= 0.6 is 0 Å². The van der Waals surface area contributed by atoms with Crippen molar-refractivity contribution >= 4 is 32.8 Å². The van der Waals surface area contributed by atoms with E-state index in [1.165, 1.54) is 6.07 Å². The van der Waals surface area contributed by atoms with E-state index in [1.54, 1.807) is 54.7 Å². The summed E-state index contributed by atoms with van der Waals surface area (Å²) in [5.41, 5.74) is 1.19. The van der Waals surface area contributed by atoms with Crippen LogP contribution in [-0.2, 0) is 33.4 Å². The Morgan fingerprint density at radius 2 is 1.78 bits per heavy atom. The Kier molecular flexibility index (Phi) is 8.32. The van der Waals surface area contributed by atoms with E-state index >= 15 is 0 Å². The molecule has 192 valence electrons. The van der Waals surface area contributed by atoms with Crippen LogP contribution in [0.4, 0.5) is 5.82 Å². The summed E-state index contributed by atoms with van der Waals surface area (Å²) in [6.07, 6.45) is 2.86. The largest absolute Gasteiger partial charge is 0.480 e. The number of hydrogen-bond acceptors (Lipinski definition) is 7. The summed E-state index contributed by atoms with van der Waals surface area (Å²) in [4.78, 5) is 28.7. The summed E-state index contributed by atoms with van der Waals surface area (Å²) in [7, 11) is -3.90. The first-order valence-electron chi connectivity index (χ1n) is 11.8. The fourth-order valence-electron chi connectivity index (χ4n) is 3.92. The number of nitrogens with zero attached hydrogens (tertiary/aromatic N) is 1. The van der Waals surface area contributed by atoms with E-state index in [2.05, 4.69) is 15.0 Å². The molecule has 3 N–H and O–H groups in total. The Labute approximate surface area is 214 Å². The lowest BCUT2D eigenvalue weighted by Crippen LogP contribution is -2.42. The van der Waals surface area contributed by atoms with Crippen LogP contribution in [0.15, 0.2) is 88.2 Å². The van der Waals surface area contributed by atoms with Crippen molar-refractivity contribution in [1.29, 1.82) is 0 Å². The highest BCUT2D eigenvalue weighted by Crippen LogP contribution is 2.17. The van der Waals surface area contributed by atoms with Crippen LogP contribution in [-0.4, -0.2) is 37.1 Å². The van der Waals surface area contributed by atoms with E-state index in [0.717, 1.165) is 12.2 Å². The van der Waals surface area contributed by atoms with E-state index in [9.17, 15) is 23.1 Å². The van der Waals surface area contributed by atoms with Gasteiger partial charge in [0.25, 0.3) is 0 Å². The number of aromatic nitrogens is 1. The highest BCUT2D eigenvalue weighted by molar-refractivity contribution is 7.88. The van der Waals surface area contributed by atoms with Gasteiger partial charge in [0.15, 0.2) is 5.43 Å². The van der Waals surface area contributed by atoms with E-state index < -0.39 is 22.0 Å². The van der Waals surface area contributed by atoms with Gasteiger partial charge in [-0.05, 0) is 48.2 Å². The SMILES string of the molecule is O=C(O)C(Cc1ccc2oc(CCCNc3ccccn3)cc(=O)c2c1)NS(=O)(=O)Cc1ccccc1. The number of sulfonamides is 1. The molecule has 0 fully saturated rings. The highest BCUT2D eigenvalue weighted by atomic mass is 32.2. The number of aryl methyl sites for hydroxylation is 1. The quantitative estimate of drug-likeness (QED) is 0.241. The van der Waals surface area contributed by atoms with Crippen LogP contribution < -0.4 is 15.5 Å². The molecule has 0 saturated carbocycles. The smallest absolute Gasteiger partial charge is 0.322 e. The van der Waals surface area contributed by atoms with Gasteiger partial charge in [-0.2, -0.15) is 0 Å². The van der Waals surface area contributed by atoms with Crippen molar-refractivity contribution in [2.45, 2.75) is 31.1 Å². The van der Waals surface area contributed by atoms with E-state index in [-0.39, 0.29) is 17.6 Å². The molecule has 9 nitrogen and oxygen atoms in total. The standard InChI is InChI=1S/C27H27N3O6S/c31-24-17-21(9-6-14-29-26-10-4-5-13-28-26)36-25-12-11-20(15-22(24)25)16-23(27(32)33)30-37(34,35)18-19-7-2-1-3-8-19/h1-5,7-8,10-13,15,17,23,30H,6,9,14,16,18H2,(H,28,29)(H,32,33). The van der Waals surface area contributed by atoms with Crippen molar-refractivity contribution in [1.82, 2.24) is 9.71 Å². The minimum absolute atomic E-state index is 0.125. The van der Waals surface area contributed by atoms with Crippen LogP contribution in [0, 0.1) is 0 Å². The molecule has 0 saturated heterocycles. The molecule has 2 aromatic heterocycles. The molecule has 2 heterocycles. The number of aliphatic carboxylic acids is 1. The van der Waals surface area contributed by atoms with Crippen molar-refractivity contribution in [2.75, 3.05) is 11.9 Å². The lowest BCUT2D eigenvalue weighted by molar-refractivity contribution is -0.138. The normalized spacial score (nSPS) is 12.3. The predicted molar refractivity (Wildman–Crippen MR) is 141 cm³/mol. The van der Waals surface area contributed by atoms with E-state index in [0.29, 0.717) is 40.8 Å². The highest BCUT2D eigenvalue weighted by Gasteiger charge is 2.25. The summed E-state index contributed by atoms with van der Waals surface area (Å²) in [6.45, 7) is 0.661. The Balaban J connectivity index is 1.41. The zero-order chi connectivity index (χ0) is 26.3. The van der Waals surface area contributed by atoms with Gasteiger partial charge in [-0.25, -0.2) is 18.1 Å². The van der Waals surface area contributed by atoms with Crippen molar-refractivity contribution in [2.24, 2.45) is 0 Å². The predicted octanol–water partition coefficient (Wildman–Crippen LogP) is 3.35. The first-order chi connectivity index (χ1) is 17.8. The number of hydrogen-bond donors (Lipinski definition) is 3. The molecular weight excluding hydrogens is 494 g/mol. The molecule has 0 amide bonds. The van der Waals surface area contributed by atoms with Gasteiger partial charge in [-0.3, -0.25) is 9.59 Å². The molecule has 0 radical (unpaired) electrons. The zero-order valence-corrected chi connectivity index (χ0v) is 20.8. The van der Waals surface area contributed by atoms with Gasteiger partial charge in [0, 0.05) is 25.2 Å². The van der Waals surface area contributed by atoms with Crippen LogP contribution in [0.25, 0.3) is 11.0 Å². The number of nitrogens with one attached hydrogen (secondary N) is 2. The molecule has 37 heavy (non-hydrogen) atoms. The minimum atomic E-state index is -3.90. The number of fused-ring (bicyclic) bond motifs is 1. The van der Waals surface area contributed by atoms with Crippen molar-refractivity contribution in [3.05, 3.63) is 106 Å². The fourth-order valence-corrected chi connectivity index (χ4v) is 5.25. The molecule has 0 bridgehead atoms. The summed E-state index contributed by atoms with van der Waals surface area (Å²) in [6, 6.07) is 19.0. The molecule has 1 unspecified atom stereocenters. The second-order valence-electron chi connectivity index (χ2n) is 8.61. The van der Waals surface area contributed by atoms with E-state index in [4.69, 9.17) is 4.42 Å². The average molecular weight is 522 g/mol. The number of benzene rings is 2. The first kappa shape index (κ1) is 26.1. The van der Waals surface area contributed by atoms with Crippen molar-refractivity contribution < 1.29 is 22.7 Å². The number of carbonyl (C=O) groups is 1. The number of rotatable bonds is 12. The zero-order valence-electron chi connectivity index (χ0n) is 20.0. The Hall–Kier alpha value is -4.02. The fraction of sp³-hybridized carbons (Fsp3) is 0.222. The van der Waals surface area contributed by atoms with Gasteiger partial charge in [-0.15, -0.1) is 0 Å². The second kappa shape index (κ2) is 11.8. The Morgan fingerprint density at radius 1 is 1.00 bits per heavy atom. The maximum Gasteiger partial charge on any atom is 0.322 e. The van der Waals surface area contributed by atoms with Gasteiger partial charge in [0.05, 0.1) is 11.1 Å². The summed E-state index contributed by atoms with van der Waals surface area (Å²) < 4.78 is 33.2. The first-order valence-corrected chi connectivity index (χ1v) is 13.4. The van der Waals surface area contributed by atoms with Gasteiger partial charge in [0.1, 0.15) is 23.2 Å². The van der Waals surface area contributed by atoms with Crippen LogP contribution in [0.1, 0.15) is 23.3 Å². The van der Waals surface area contributed by atoms with E-state index in [1.807, 2.05) is 18.2 Å². The van der Waals surface area contributed by atoms with Crippen molar-refractivity contribution in [3.63, 3.8) is 0 Å². The Bertz CT molecular complexity index is 1520. The summed E-state index contributed by atoms with van der Waals surface area (Å²) in [5, 5.41) is 13.1. The van der Waals surface area contributed by atoms with Crippen LogP contribution in [0.2, 0.25) is 0 Å².